The van der Waals surface area contributed by atoms with Crippen LogP contribution < -0.4 is 19.8 Å². The van der Waals surface area contributed by atoms with Gasteiger partial charge in [-0.2, -0.15) is 0 Å². The molecule has 0 radical (unpaired) electrons. The highest BCUT2D eigenvalue weighted by molar-refractivity contribution is 6.31. The molecule has 9 heteroatoms. The Morgan fingerprint density at radius 3 is 2.50 bits per heavy atom. The highest BCUT2D eigenvalue weighted by atomic mass is 35.5. The average Bonchev–Trinajstić information content (AvgIpc) is 3.34. The summed E-state index contributed by atoms with van der Waals surface area (Å²) in [5.74, 6) is 1.20. The average molecular weight is 453 g/mol. The number of nitrogens with zero attached hydrogens (tertiary/aromatic N) is 2. The first-order chi connectivity index (χ1) is 15.4. The molecule has 0 N–H and O–H groups in total. The zero-order chi connectivity index (χ0) is 22.6. The van der Waals surface area contributed by atoms with Crippen molar-refractivity contribution < 1.29 is 23.2 Å². The summed E-state index contributed by atoms with van der Waals surface area (Å²) in [5.41, 5.74) is 0.733. The van der Waals surface area contributed by atoms with Crippen molar-refractivity contribution in [1.82, 2.24) is 5.16 Å². The molecule has 5 rings (SSSR count). The third kappa shape index (κ3) is 2.95. The molecule has 0 aliphatic carbocycles. The normalized spacial score (nSPS) is 15.3. The number of fused-ring (bicyclic) bond motifs is 2. The number of aryl methyl sites for hydroxylation is 1. The molecule has 1 amide bonds. The second kappa shape index (κ2) is 7.42. The lowest BCUT2D eigenvalue weighted by Crippen LogP contribution is -2.29. The van der Waals surface area contributed by atoms with E-state index < -0.39 is 11.9 Å². The summed E-state index contributed by atoms with van der Waals surface area (Å²) >= 11 is 6.11. The minimum absolute atomic E-state index is 0.0507. The van der Waals surface area contributed by atoms with Crippen molar-refractivity contribution in [2.24, 2.45) is 0 Å². The van der Waals surface area contributed by atoms with Crippen LogP contribution in [0.15, 0.2) is 56.2 Å². The Kier molecular flexibility index (Phi) is 4.67. The van der Waals surface area contributed by atoms with E-state index in [1.807, 2.05) is 0 Å². The van der Waals surface area contributed by atoms with E-state index in [4.69, 9.17) is 30.0 Å². The van der Waals surface area contributed by atoms with Crippen LogP contribution in [-0.4, -0.2) is 25.3 Å². The predicted octanol–water partition coefficient (Wildman–Crippen LogP) is 4.51. The molecule has 1 unspecified atom stereocenters. The van der Waals surface area contributed by atoms with Gasteiger partial charge in [0.25, 0.3) is 5.91 Å². The van der Waals surface area contributed by atoms with E-state index in [1.54, 1.807) is 43.3 Å². The SMILES string of the molecule is COc1ccc(C2c3c(oc4ccc(Cl)cc4c3=O)C(=O)N2c2cc(C)on2)cc1OC. The Bertz CT molecular complexity index is 1440. The molecule has 0 spiro atoms. The molecule has 8 nitrogen and oxygen atoms in total. The Hall–Kier alpha value is -3.78. The summed E-state index contributed by atoms with van der Waals surface area (Å²) in [7, 11) is 3.04. The Morgan fingerprint density at radius 1 is 1.03 bits per heavy atom. The summed E-state index contributed by atoms with van der Waals surface area (Å²) in [6, 6.07) is 10.7. The quantitative estimate of drug-likeness (QED) is 0.449. The number of aromatic nitrogens is 1. The lowest BCUT2D eigenvalue weighted by molar-refractivity contribution is 0.0969. The largest absolute Gasteiger partial charge is 0.493 e. The van der Waals surface area contributed by atoms with Crippen molar-refractivity contribution in [3.05, 3.63) is 80.4 Å². The van der Waals surface area contributed by atoms with Crippen molar-refractivity contribution in [2.45, 2.75) is 13.0 Å². The standard InChI is InChI=1S/C23H17ClN2O6/c1-11-8-18(25-32-11)26-20(12-4-6-16(29-2)17(9-12)30-3)19-21(27)14-10-13(24)5-7-15(14)31-22(19)23(26)28/h4-10,20H,1-3H3. The van der Waals surface area contributed by atoms with Crippen LogP contribution >= 0.6 is 11.6 Å². The second-order valence-electron chi connectivity index (χ2n) is 7.30. The molecule has 0 saturated heterocycles. The molecule has 3 heterocycles. The predicted molar refractivity (Wildman–Crippen MR) is 117 cm³/mol. The van der Waals surface area contributed by atoms with E-state index in [2.05, 4.69) is 5.16 Å². The van der Waals surface area contributed by atoms with E-state index in [0.29, 0.717) is 27.8 Å². The molecular formula is C23H17ClN2O6. The maximum Gasteiger partial charge on any atom is 0.296 e. The van der Waals surface area contributed by atoms with Crippen LogP contribution in [0.25, 0.3) is 11.0 Å². The van der Waals surface area contributed by atoms with Crippen molar-refractivity contribution in [1.29, 1.82) is 0 Å². The lowest BCUT2D eigenvalue weighted by Gasteiger charge is -2.23. The summed E-state index contributed by atoms with van der Waals surface area (Å²) in [6.07, 6.45) is 0. The van der Waals surface area contributed by atoms with Gasteiger partial charge in [0.1, 0.15) is 11.3 Å². The number of methoxy groups -OCH3 is 2. The Morgan fingerprint density at radius 2 is 1.81 bits per heavy atom. The van der Waals surface area contributed by atoms with E-state index >= 15 is 0 Å². The molecular weight excluding hydrogens is 436 g/mol. The third-order valence-electron chi connectivity index (χ3n) is 5.42. The molecule has 0 fully saturated rings. The molecule has 2 aromatic heterocycles. The van der Waals surface area contributed by atoms with Gasteiger partial charge in [0.2, 0.25) is 5.76 Å². The number of rotatable bonds is 4. The molecule has 1 atom stereocenters. The van der Waals surface area contributed by atoms with E-state index in [0.717, 1.165) is 0 Å². The zero-order valence-electron chi connectivity index (χ0n) is 17.3. The molecule has 2 aromatic carbocycles. The van der Waals surface area contributed by atoms with Gasteiger partial charge in [-0.15, -0.1) is 0 Å². The van der Waals surface area contributed by atoms with Gasteiger partial charge in [0.05, 0.1) is 31.2 Å². The zero-order valence-corrected chi connectivity index (χ0v) is 18.1. The van der Waals surface area contributed by atoms with Crippen molar-refractivity contribution in [3.8, 4) is 11.5 Å². The number of amides is 1. The van der Waals surface area contributed by atoms with Gasteiger partial charge in [-0.3, -0.25) is 14.5 Å². The summed E-state index contributed by atoms with van der Waals surface area (Å²) in [4.78, 5) is 28.4. The fourth-order valence-electron chi connectivity index (χ4n) is 3.99. The van der Waals surface area contributed by atoms with Gasteiger partial charge in [0.15, 0.2) is 22.7 Å². The van der Waals surface area contributed by atoms with Gasteiger partial charge < -0.3 is 18.4 Å². The maximum atomic E-state index is 13.6. The molecule has 1 aliphatic heterocycles. The Labute approximate surface area is 186 Å². The minimum atomic E-state index is -0.818. The fourth-order valence-corrected chi connectivity index (χ4v) is 4.16. The summed E-state index contributed by atoms with van der Waals surface area (Å²) in [5, 5.41) is 4.68. The highest BCUT2D eigenvalue weighted by Crippen LogP contribution is 2.43. The molecule has 4 aromatic rings. The first-order valence-corrected chi connectivity index (χ1v) is 10.1. The van der Waals surface area contributed by atoms with Crippen LogP contribution in [0.4, 0.5) is 5.82 Å². The smallest absolute Gasteiger partial charge is 0.296 e. The van der Waals surface area contributed by atoms with Crippen molar-refractivity contribution in [2.75, 3.05) is 19.1 Å². The van der Waals surface area contributed by atoms with Gasteiger partial charge in [-0.05, 0) is 42.8 Å². The number of carbonyl (C=O) groups is 1. The molecule has 1 aliphatic rings. The summed E-state index contributed by atoms with van der Waals surface area (Å²) in [6.45, 7) is 1.72. The molecule has 0 bridgehead atoms. The number of ether oxygens (including phenoxy) is 2. The number of halogens is 1. The van der Waals surface area contributed by atoms with Crippen LogP contribution in [-0.2, 0) is 0 Å². The van der Waals surface area contributed by atoms with Crippen molar-refractivity contribution in [3.63, 3.8) is 0 Å². The van der Waals surface area contributed by atoms with Crippen LogP contribution in [0.5, 0.6) is 11.5 Å². The molecule has 32 heavy (non-hydrogen) atoms. The topological polar surface area (TPSA) is 95.0 Å². The fraction of sp³-hybridized carbons (Fsp3) is 0.174. The minimum Gasteiger partial charge on any atom is -0.493 e. The maximum absolute atomic E-state index is 13.6. The van der Waals surface area contributed by atoms with Gasteiger partial charge in [-0.25, -0.2) is 0 Å². The van der Waals surface area contributed by atoms with Crippen LogP contribution in [0.1, 0.15) is 33.5 Å². The van der Waals surface area contributed by atoms with Crippen molar-refractivity contribution >= 4 is 34.3 Å². The number of benzene rings is 2. The van der Waals surface area contributed by atoms with Crippen LogP contribution in [0.3, 0.4) is 0 Å². The van der Waals surface area contributed by atoms with E-state index in [9.17, 15) is 9.59 Å². The van der Waals surface area contributed by atoms with Gasteiger partial charge in [-0.1, -0.05) is 22.8 Å². The van der Waals surface area contributed by atoms with Gasteiger partial charge in [0, 0.05) is 11.1 Å². The highest BCUT2D eigenvalue weighted by Gasteiger charge is 2.45. The second-order valence-corrected chi connectivity index (χ2v) is 7.74. The van der Waals surface area contributed by atoms with Gasteiger partial charge >= 0.3 is 0 Å². The first kappa shape index (κ1) is 20.1. The Balaban J connectivity index is 1.81. The third-order valence-corrected chi connectivity index (χ3v) is 5.65. The molecule has 162 valence electrons. The van der Waals surface area contributed by atoms with E-state index in [-0.39, 0.29) is 33.5 Å². The van der Waals surface area contributed by atoms with Crippen LogP contribution in [0, 0.1) is 6.92 Å². The number of hydrogen-bond acceptors (Lipinski definition) is 7. The monoisotopic (exact) mass is 452 g/mol. The van der Waals surface area contributed by atoms with Crippen LogP contribution in [0.2, 0.25) is 5.02 Å². The number of carbonyl (C=O) groups excluding carboxylic acids is 1. The lowest BCUT2D eigenvalue weighted by atomic mass is 9.98. The molecule has 0 saturated carbocycles. The summed E-state index contributed by atoms with van der Waals surface area (Å²) < 4.78 is 21.9. The van der Waals surface area contributed by atoms with E-state index in [1.165, 1.54) is 25.2 Å². The number of anilines is 1. The first-order valence-electron chi connectivity index (χ1n) is 9.68. The number of hydrogen-bond donors (Lipinski definition) is 0.